The minimum atomic E-state index is -0.666. The van der Waals surface area contributed by atoms with Crippen LogP contribution in [-0.2, 0) is 0 Å². The van der Waals surface area contributed by atoms with E-state index in [9.17, 15) is 14.9 Å². The van der Waals surface area contributed by atoms with Crippen LogP contribution in [0, 0.1) is 10.1 Å². The van der Waals surface area contributed by atoms with Crippen molar-refractivity contribution in [3.05, 3.63) is 70.9 Å². The van der Waals surface area contributed by atoms with E-state index in [4.69, 9.17) is 0 Å². The van der Waals surface area contributed by atoms with E-state index < -0.39 is 16.5 Å². The highest BCUT2D eigenvalue weighted by atomic mass is 16.6. The van der Waals surface area contributed by atoms with E-state index in [1.54, 1.807) is 30.3 Å². The molecule has 1 amide bonds. The molecular formula is C15H12N8O3. The van der Waals surface area contributed by atoms with Crippen molar-refractivity contribution in [2.45, 2.75) is 0 Å². The first kappa shape index (κ1) is 16.7. The molecule has 3 rings (SSSR count). The summed E-state index contributed by atoms with van der Waals surface area (Å²) in [5.74, 6) is -0.457. The highest BCUT2D eigenvalue weighted by molar-refractivity contribution is 5.93. The van der Waals surface area contributed by atoms with Gasteiger partial charge in [0.25, 0.3) is 5.91 Å². The Bertz CT molecular complexity index is 921. The molecule has 0 aliphatic carbocycles. The number of nitrogens with zero attached hydrogens (tertiary/aromatic N) is 5. The van der Waals surface area contributed by atoms with Gasteiger partial charge in [0.1, 0.15) is 17.8 Å². The Balaban J connectivity index is 1.82. The highest BCUT2D eigenvalue weighted by Gasteiger charge is 2.24. The van der Waals surface area contributed by atoms with Crippen LogP contribution in [-0.4, -0.2) is 30.8 Å². The largest absolute Gasteiger partial charge is 0.355 e. The van der Waals surface area contributed by atoms with Crippen LogP contribution in [0.5, 0.6) is 0 Å². The van der Waals surface area contributed by atoms with Gasteiger partial charge in [0.2, 0.25) is 11.6 Å². The molecule has 0 saturated carbocycles. The fourth-order valence-electron chi connectivity index (χ4n) is 1.97. The molecule has 3 aromatic rings. The molecule has 0 aromatic carbocycles. The maximum Gasteiger partial charge on any atom is 0.355 e. The van der Waals surface area contributed by atoms with E-state index in [0.29, 0.717) is 5.82 Å². The topological polar surface area (TPSA) is 148 Å². The van der Waals surface area contributed by atoms with Gasteiger partial charge in [-0.25, -0.2) is 15.0 Å². The Morgan fingerprint density at radius 3 is 2.35 bits per heavy atom. The maximum atomic E-state index is 12.0. The lowest BCUT2D eigenvalue weighted by Gasteiger charge is -2.10. The van der Waals surface area contributed by atoms with Crippen molar-refractivity contribution in [1.29, 1.82) is 0 Å². The smallest absolute Gasteiger partial charge is 0.319 e. The Morgan fingerprint density at radius 2 is 1.69 bits per heavy atom. The lowest BCUT2D eigenvalue weighted by molar-refractivity contribution is -0.383. The minimum Gasteiger partial charge on any atom is -0.319 e. The molecule has 0 aliphatic heterocycles. The monoisotopic (exact) mass is 352 g/mol. The lowest BCUT2D eigenvalue weighted by atomic mass is 10.3. The van der Waals surface area contributed by atoms with Gasteiger partial charge in [0.05, 0.1) is 4.92 Å². The molecule has 11 nitrogen and oxygen atoms in total. The van der Waals surface area contributed by atoms with Gasteiger partial charge in [-0.3, -0.25) is 30.7 Å². The van der Waals surface area contributed by atoms with Crippen LogP contribution in [0.15, 0.2) is 55.1 Å². The number of amides is 1. The van der Waals surface area contributed by atoms with Gasteiger partial charge < -0.3 is 5.32 Å². The fraction of sp³-hybridized carbons (Fsp3) is 0. The molecule has 0 atom stereocenters. The summed E-state index contributed by atoms with van der Waals surface area (Å²) in [5.41, 5.74) is 4.44. The molecule has 0 saturated heterocycles. The summed E-state index contributed by atoms with van der Waals surface area (Å²) in [6.45, 7) is 0. The number of rotatable bonds is 6. The Kier molecular flexibility index (Phi) is 4.89. The summed E-state index contributed by atoms with van der Waals surface area (Å²) in [4.78, 5) is 38.4. The minimum absolute atomic E-state index is 0.0710. The normalized spacial score (nSPS) is 10.0. The summed E-state index contributed by atoms with van der Waals surface area (Å²) in [5, 5.41) is 14.2. The van der Waals surface area contributed by atoms with Gasteiger partial charge >= 0.3 is 5.69 Å². The number of hydrogen-bond donors (Lipinski definition) is 3. The van der Waals surface area contributed by atoms with Crippen LogP contribution in [0.2, 0.25) is 0 Å². The molecule has 0 radical (unpaired) electrons. The van der Waals surface area contributed by atoms with E-state index in [-0.39, 0.29) is 17.3 Å². The van der Waals surface area contributed by atoms with Crippen molar-refractivity contribution in [2.24, 2.45) is 0 Å². The number of carbonyl (C=O) groups excluding carboxylic acids is 1. The number of carbonyl (C=O) groups is 1. The van der Waals surface area contributed by atoms with E-state index >= 15 is 0 Å². The van der Waals surface area contributed by atoms with Gasteiger partial charge in [0, 0.05) is 12.4 Å². The molecule has 0 bridgehead atoms. The summed E-state index contributed by atoms with van der Waals surface area (Å²) >= 11 is 0. The van der Waals surface area contributed by atoms with E-state index in [0.717, 1.165) is 6.33 Å². The molecule has 11 heteroatoms. The van der Waals surface area contributed by atoms with Crippen molar-refractivity contribution < 1.29 is 9.72 Å². The third kappa shape index (κ3) is 3.84. The predicted octanol–water partition coefficient (Wildman–Crippen LogP) is 1.68. The molecule has 3 aromatic heterocycles. The second-order valence-electron chi connectivity index (χ2n) is 4.81. The number of pyridine rings is 2. The van der Waals surface area contributed by atoms with Crippen molar-refractivity contribution in [3.63, 3.8) is 0 Å². The van der Waals surface area contributed by atoms with Crippen molar-refractivity contribution in [1.82, 2.24) is 25.4 Å². The molecule has 130 valence electrons. The highest BCUT2D eigenvalue weighted by Crippen LogP contribution is 2.30. The zero-order valence-electron chi connectivity index (χ0n) is 13.2. The van der Waals surface area contributed by atoms with Gasteiger partial charge in [-0.2, -0.15) is 0 Å². The molecule has 3 N–H and O–H groups in total. The molecular weight excluding hydrogens is 340 g/mol. The SMILES string of the molecule is O=C(NNc1ncnc(Nc2ccccn2)c1[N+](=O)[O-])c1ccccn1. The summed E-state index contributed by atoms with van der Waals surface area (Å²) in [6.07, 6.45) is 4.10. The number of anilines is 3. The molecule has 0 spiro atoms. The zero-order valence-corrected chi connectivity index (χ0v) is 13.2. The predicted molar refractivity (Wildman–Crippen MR) is 91.5 cm³/mol. The zero-order chi connectivity index (χ0) is 18.4. The number of aromatic nitrogens is 4. The second-order valence-corrected chi connectivity index (χ2v) is 4.81. The fourth-order valence-corrected chi connectivity index (χ4v) is 1.97. The molecule has 0 fully saturated rings. The molecule has 0 unspecified atom stereocenters. The van der Waals surface area contributed by atoms with E-state index in [2.05, 4.69) is 36.1 Å². The average Bonchev–Trinajstić information content (AvgIpc) is 2.67. The van der Waals surface area contributed by atoms with Crippen LogP contribution in [0.4, 0.5) is 23.1 Å². The number of nitro groups is 1. The summed E-state index contributed by atoms with van der Waals surface area (Å²) in [7, 11) is 0. The summed E-state index contributed by atoms with van der Waals surface area (Å²) in [6, 6.07) is 9.86. The van der Waals surface area contributed by atoms with Crippen LogP contribution < -0.4 is 16.2 Å². The standard InChI is InChI=1S/C15H12N8O3/c24-15(10-5-1-3-7-16-10)22-21-14-12(23(25)26)13(18-9-19-14)20-11-6-2-4-8-17-11/h1-9H,(H,22,24)(H2,17,18,19,20,21). The average molecular weight is 352 g/mol. The first-order valence-electron chi connectivity index (χ1n) is 7.30. The maximum absolute atomic E-state index is 12.0. The van der Waals surface area contributed by atoms with Gasteiger partial charge in [-0.05, 0) is 24.3 Å². The van der Waals surface area contributed by atoms with E-state index in [1.807, 2.05) is 0 Å². The van der Waals surface area contributed by atoms with Crippen LogP contribution in [0.25, 0.3) is 0 Å². The Morgan fingerprint density at radius 1 is 0.962 bits per heavy atom. The van der Waals surface area contributed by atoms with Gasteiger partial charge in [-0.1, -0.05) is 12.1 Å². The van der Waals surface area contributed by atoms with Gasteiger partial charge in [-0.15, -0.1) is 0 Å². The second kappa shape index (κ2) is 7.61. The molecule has 3 heterocycles. The molecule has 26 heavy (non-hydrogen) atoms. The number of hydrazine groups is 1. The quantitative estimate of drug-likeness (QED) is 0.445. The molecule has 0 aliphatic rings. The van der Waals surface area contributed by atoms with Crippen LogP contribution in [0.1, 0.15) is 10.5 Å². The van der Waals surface area contributed by atoms with Gasteiger partial charge in [0.15, 0.2) is 0 Å². The number of hydrogen-bond acceptors (Lipinski definition) is 9. The lowest BCUT2D eigenvalue weighted by Crippen LogP contribution is -2.31. The van der Waals surface area contributed by atoms with Crippen LogP contribution in [0.3, 0.4) is 0 Å². The first-order chi connectivity index (χ1) is 12.6. The third-order valence-electron chi connectivity index (χ3n) is 3.11. The first-order valence-corrected chi connectivity index (χ1v) is 7.30. The van der Waals surface area contributed by atoms with Crippen molar-refractivity contribution in [2.75, 3.05) is 10.7 Å². The summed E-state index contributed by atoms with van der Waals surface area (Å²) < 4.78 is 0. The number of nitrogens with one attached hydrogen (secondary N) is 3. The third-order valence-corrected chi connectivity index (χ3v) is 3.11. The van der Waals surface area contributed by atoms with E-state index in [1.165, 1.54) is 18.5 Å². The Labute approximate surface area is 146 Å². The van der Waals surface area contributed by atoms with Crippen molar-refractivity contribution >= 4 is 29.0 Å². The van der Waals surface area contributed by atoms with Crippen LogP contribution >= 0.6 is 0 Å². The Hall–Kier alpha value is -4.15. The van der Waals surface area contributed by atoms with Crippen molar-refractivity contribution in [3.8, 4) is 0 Å².